The summed E-state index contributed by atoms with van der Waals surface area (Å²) in [6.45, 7) is 4.82. The third-order valence-electron chi connectivity index (χ3n) is 6.38. The van der Waals surface area contributed by atoms with Gasteiger partial charge in [0.2, 0.25) is 5.91 Å². The smallest absolute Gasteiger partial charge is 0.223 e. The van der Waals surface area contributed by atoms with E-state index in [0.29, 0.717) is 49.1 Å². The number of hydrogen-bond donors (Lipinski definition) is 1. The highest BCUT2D eigenvalue weighted by Gasteiger charge is 2.38. The van der Waals surface area contributed by atoms with Crippen LogP contribution >= 0.6 is 0 Å². The number of carbonyl (C=O) groups excluding carboxylic acids is 1. The van der Waals surface area contributed by atoms with Crippen LogP contribution in [0, 0.1) is 17.2 Å². The zero-order chi connectivity index (χ0) is 21.3. The van der Waals surface area contributed by atoms with Crippen LogP contribution in [0.4, 0.5) is 10.1 Å². The molecule has 4 rings (SSSR count). The summed E-state index contributed by atoms with van der Waals surface area (Å²) in [6, 6.07) is 5.75. The topological polar surface area (TPSA) is 85.1 Å². The van der Waals surface area contributed by atoms with Crippen LogP contribution in [0.5, 0.6) is 0 Å². The maximum atomic E-state index is 15.0. The molecule has 1 aromatic carbocycles. The van der Waals surface area contributed by atoms with E-state index in [1.165, 1.54) is 0 Å². The largest absolute Gasteiger partial charge is 0.367 e. The fourth-order valence-corrected chi connectivity index (χ4v) is 4.48. The Morgan fingerprint density at radius 1 is 1.27 bits per heavy atom. The van der Waals surface area contributed by atoms with E-state index in [9.17, 15) is 10.1 Å². The molecule has 2 fully saturated rings. The normalized spacial score (nSPS) is 24.0. The standard InChI is InChI=1S/C22H27FN6O/c1-15-13-29(18-4-3-16(12-24)20-21(18)26-8-7-25-20)14-17(15)27-19(30)11-22(23)5-9-28(2)10-6-22/h3-4,7-8,15,17H,5-6,9-11,13-14H2,1-2H3,(H,27,30)/t15-,17?/m1/s1. The molecule has 0 saturated carbocycles. The number of likely N-dealkylation sites (tertiary alicyclic amines) is 1. The number of benzene rings is 1. The Bertz CT molecular complexity index is 981. The first-order valence-electron chi connectivity index (χ1n) is 10.4. The molecule has 2 saturated heterocycles. The third-order valence-corrected chi connectivity index (χ3v) is 6.38. The Kier molecular flexibility index (Phi) is 5.56. The van der Waals surface area contributed by atoms with Crippen molar-refractivity contribution < 1.29 is 9.18 Å². The molecule has 8 heteroatoms. The summed E-state index contributed by atoms with van der Waals surface area (Å²) in [6.07, 6.45) is 3.93. The fourth-order valence-electron chi connectivity index (χ4n) is 4.48. The number of nitriles is 1. The first-order chi connectivity index (χ1) is 14.4. The molecule has 0 radical (unpaired) electrons. The van der Waals surface area contributed by atoms with E-state index in [0.717, 1.165) is 12.2 Å². The summed E-state index contributed by atoms with van der Waals surface area (Å²) in [5.74, 6) is -0.00500. The summed E-state index contributed by atoms with van der Waals surface area (Å²) >= 11 is 0. The first-order valence-corrected chi connectivity index (χ1v) is 10.4. The molecule has 2 aliphatic rings. The van der Waals surface area contributed by atoms with Gasteiger partial charge in [0.05, 0.1) is 23.7 Å². The van der Waals surface area contributed by atoms with E-state index >= 15 is 4.39 Å². The number of hydrogen-bond acceptors (Lipinski definition) is 6. The fraction of sp³-hybridized carbons (Fsp3) is 0.545. The summed E-state index contributed by atoms with van der Waals surface area (Å²) in [7, 11) is 1.98. The predicted octanol–water partition coefficient (Wildman–Crippen LogP) is 2.27. The SMILES string of the molecule is C[C@@H]1CN(c2ccc(C#N)c3nccnc23)CC1NC(=O)CC1(F)CCN(C)CC1. The van der Waals surface area contributed by atoms with Gasteiger partial charge in [-0.2, -0.15) is 5.26 Å². The zero-order valence-corrected chi connectivity index (χ0v) is 17.4. The molecule has 2 atom stereocenters. The molecular weight excluding hydrogens is 383 g/mol. The number of piperidine rings is 1. The third kappa shape index (κ3) is 4.08. The number of aromatic nitrogens is 2. The van der Waals surface area contributed by atoms with Crippen molar-refractivity contribution in [3.05, 3.63) is 30.1 Å². The van der Waals surface area contributed by atoms with Gasteiger partial charge in [-0.15, -0.1) is 0 Å². The molecule has 1 aromatic heterocycles. The number of amides is 1. The molecule has 0 aliphatic carbocycles. The minimum absolute atomic E-state index is 0.0604. The van der Waals surface area contributed by atoms with Gasteiger partial charge in [0.25, 0.3) is 0 Å². The van der Waals surface area contributed by atoms with Crippen molar-refractivity contribution in [1.82, 2.24) is 20.2 Å². The van der Waals surface area contributed by atoms with E-state index in [4.69, 9.17) is 0 Å². The lowest BCUT2D eigenvalue weighted by Crippen LogP contribution is -2.46. The van der Waals surface area contributed by atoms with Crippen molar-refractivity contribution in [1.29, 1.82) is 5.26 Å². The van der Waals surface area contributed by atoms with Crippen molar-refractivity contribution in [3.8, 4) is 6.07 Å². The van der Waals surface area contributed by atoms with Crippen molar-refractivity contribution in [2.75, 3.05) is 38.1 Å². The van der Waals surface area contributed by atoms with Gasteiger partial charge in [0.1, 0.15) is 22.8 Å². The molecule has 1 unspecified atom stereocenters. The van der Waals surface area contributed by atoms with E-state index in [2.05, 4.69) is 38.1 Å². The van der Waals surface area contributed by atoms with Gasteiger partial charge in [0, 0.05) is 38.6 Å². The second kappa shape index (κ2) is 8.15. The molecule has 0 spiro atoms. The predicted molar refractivity (Wildman–Crippen MR) is 113 cm³/mol. The van der Waals surface area contributed by atoms with Gasteiger partial charge in [0.15, 0.2) is 0 Å². The number of anilines is 1. The molecule has 1 amide bonds. The Morgan fingerprint density at radius 2 is 1.97 bits per heavy atom. The number of nitrogens with one attached hydrogen (secondary N) is 1. The first kappa shape index (κ1) is 20.5. The van der Waals surface area contributed by atoms with E-state index < -0.39 is 5.67 Å². The van der Waals surface area contributed by atoms with Gasteiger partial charge in [-0.3, -0.25) is 14.8 Å². The van der Waals surface area contributed by atoms with Crippen LogP contribution < -0.4 is 10.2 Å². The highest BCUT2D eigenvalue weighted by molar-refractivity contribution is 5.92. The van der Waals surface area contributed by atoms with Gasteiger partial charge in [-0.25, -0.2) is 4.39 Å². The molecule has 1 N–H and O–H groups in total. The lowest BCUT2D eigenvalue weighted by atomic mass is 9.89. The molecule has 7 nitrogen and oxygen atoms in total. The molecule has 2 aromatic rings. The second-order valence-corrected chi connectivity index (χ2v) is 8.68. The Labute approximate surface area is 175 Å². The summed E-state index contributed by atoms with van der Waals surface area (Å²) in [5, 5.41) is 12.4. The van der Waals surface area contributed by atoms with Crippen LogP contribution in [0.3, 0.4) is 0 Å². The van der Waals surface area contributed by atoms with Crippen LogP contribution in [0.1, 0.15) is 31.7 Å². The number of alkyl halides is 1. The molecule has 158 valence electrons. The second-order valence-electron chi connectivity index (χ2n) is 8.68. The summed E-state index contributed by atoms with van der Waals surface area (Å²) in [5.41, 5.74) is 1.25. The average Bonchev–Trinajstić information content (AvgIpc) is 3.09. The highest BCUT2D eigenvalue weighted by Crippen LogP contribution is 2.32. The average molecular weight is 410 g/mol. The number of halogens is 1. The maximum Gasteiger partial charge on any atom is 0.223 e. The van der Waals surface area contributed by atoms with Crippen molar-refractivity contribution in [2.24, 2.45) is 5.92 Å². The minimum atomic E-state index is -1.41. The van der Waals surface area contributed by atoms with Crippen LogP contribution in [0.2, 0.25) is 0 Å². The molecule has 30 heavy (non-hydrogen) atoms. The molecular formula is C22H27FN6O. The number of nitrogens with zero attached hydrogens (tertiary/aromatic N) is 5. The minimum Gasteiger partial charge on any atom is -0.367 e. The Morgan fingerprint density at radius 3 is 2.67 bits per heavy atom. The number of fused-ring (bicyclic) bond motifs is 1. The quantitative estimate of drug-likeness (QED) is 0.832. The number of rotatable bonds is 4. The van der Waals surface area contributed by atoms with E-state index in [-0.39, 0.29) is 24.3 Å². The monoisotopic (exact) mass is 410 g/mol. The highest BCUT2D eigenvalue weighted by atomic mass is 19.1. The van der Waals surface area contributed by atoms with Gasteiger partial charge in [-0.05, 0) is 37.9 Å². The van der Waals surface area contributed by atoms with Crippen LogP contribution in [-0.2, 0) is 4.79 Å². The Balaban J connectivity index is 1.45. The van der Waals surface area contributed by atoms with Crippen molar-refractivity contribution >= 4 is 22.6 Å². The van der Waals surface area contributed by atoms with Gasteiger partial charge >= 0.3 is 0 Å². The summed E-state index contributed by atoms with van der Waals surface area (Å²) < 4.78 is 15.0. The molecule has 2 aliphatic heterocycles. The van der Waals surface area contributed by atoms with E-state index in [1.807, 2.05) is 13.1 Å². The van der Waals surface area contributed by atoms with Crippen LogP contribution in [-0.4, -0.2) is 65.7 Å². The van der Waals surface area contributed by atoms with Crippen LogP contribution in [0.25, 0.3) is 11.0 Å². The molecule has 3 heterocycles. The summed E-state index contributed by atoms with van der Waals surface area (Å²) in [4.78, 5) is 25.6. The number of carbonyl (C=O) groups is 1. The van der Waals surface area contributed by atoms with Crippen molar-refractivity contribution in [3.63, 3.8) is 0 Å². The molecule has 0 bridgehead atoms. The van der Waals surface area contributed by atoms with E-state index in [1.54, 1.807) is 18.5 Å². The Hall–Kier alpha value is -2.79. The van der Waals surface area contributed by atoms with Gasteiger partial charge < -0.3 is 15.1 Å². The van der Waals surface area contributed by atoms with Crippen molar-refractivity contribution in [2.45, 2.75) is 37.9 Å². The maximum absolute atomic E-state index is 15.0. The lowest BCUT2D eigenvalue weighted by Gasteiger charge is -2.34. The zero-order valence-electron chi connectivity index (χ0n) is 17.4. The lowest BCUT2D eigenvalue weighted by molar-refractivity contribution is -0.125. The van der Waals surface area contributed by atoms with Gasteiger partial charge in [-0.1, -0.05) is 6.92 Å². The van der Waals surface area contributed by atoms with Crippen LogP contribution in [0.15, 0.2) is 24.5 Å².